The molecule has 4 rings (SSSR count). The van der Waals surface area contributed by atoms with Gasteiger partial charge in [0.15, 0.2) is 0 Å². The molecule has 4 aromatic rings. The molecular formula is C41H55Cl2N2O3ScSi2. The van der Waals surface area contributed by atoms with Gasteiger partial charge < -0.3 is 19.6 Å². The van der Waals surface area contributed by atoms with E-state index in [0.717, 1.165) is 33.4 Å². The molecule has 0 heterocycles. The van der Waals surface area contributed by atoms with Crippen LogP contribution in [0.5, 0.6) is 11.5 Å². The van der Waals surface area contributed by atoms with Gasteiger partial charge in [0.25, 0.3) is 0 Å². The smallest absolute Gasteiger partial charge is 0.872 e. The van der Waals surface area contributed by atoms with Crippen molar-refractivity contribution < 1.29 is 40.8 Å². The monoisotopic (exact) mass is 794 g/mol. The van der Waals surface area contributed by atoms with Crippen LogP contribution >= 0.6 is 23.2 Å². The number of benzene rings is 4. The summed E-state index contributed by atoms with van der Waals surface area (Å²) in [5.74, 6) is 0.0354. The van der Waals surface area contributed by atoms with E-state index < -0.39 is 28.7 Å². The summed E-state index contributed by atoms with van der Waals surface area (Å²) in [5.41, 5.74) is 5.94. The third-order valence-corrected chi connectivity index (χ3v) is 14.4. The fourth-order valence-corrected chi connectivity index (χ4v) is 11.4. The minimum atomic E-state index is -0.542. The Balaban J connectivity index is 0.00000102. The van der Waals surface area contributed by atoms with Crippen LogP contribution in [0, 0.1) is 13.8 Å². The molecule has 0 aromatic heterocycles. The molecule has 0 aliphatic carbocycles. The van der Waals surface area contributed by atoms with Crippen molar-refractivity contribution in [2.24, 2.45) is 0 Å². The van der Waals surface area contributed by atoms with Gasteiger partial charge in [-0.25, -0.2) is 0 Å². The van der Waals surface area contributed by atoms with Crippen molar-refractivity contribution in [3.05, 3.63) is 132 Å². The fraction of sp³-hybridized carbons (Fsp3) is 0.415. The Bertz CT molecular complexity index is 1580. The minimum absolute atomic E-state index is 0. The van der Waals surface area contributed by atoms with Gasteiger partial charge in [-0.2, -0.15) is 0 Å². The molecule has 51 heavy (non-hydrogen) atoms. The maximum atomic E-state index is 14.0. The topological polar surface area (TPSA) is 72.7 Å². The van der Waals surface area contributed by atoms with Gasteiger partial charge in [-0.05, 0) is 71.5 Å². The van der Waals surface area contributed by atoms with E-state index in [1.54, 1.807) is 7.11 Å². The Morgan fingerprint density at radius 3 is 1.31 bits per heavy atom. The van der Waals surface area contributed by atoms with E-state index in [1.165, 1.54) is 0 Å². The van der Waals surface area contributed by atoms with Crippen LogP contribution in [0.1, 0.15) is 72.2 Å². The Morgan fingerprint density at radius 2 is 1.02 bits per heavy atom. The molecule has 0 atom stereocenters. The van der Waals surface area contributed by atoms with Crippen LogP contribution in [0.15, 0.2) is 72.8 Å². The van der Waals surface area contributed by atoms with Gasteiger partial charge in [0.05, 0.1) is 6.61 Å². The third kappa shape index (κ3) is 12.7. The zero-order valence-electron chi connectivity index (χ0n) is 32.4. The fourth-order valence-electron chi connectivity index (χ4n) is 6.42. The second-order valence-corrected chi connectivity index (χ2v) is 21.3. The molecule has 272 valence electrons. The van der Waals surface area contributed by atoms with Crippen molar-refractivity contribution in [1.29, 1.82) is 0 Å². The Kier molecular flexibility index (Phi) is 17.9. The van der Waals surface area contributed by atoms with Crippen LogP contribution in [0.25, 0.3) is 4.65 Å². The van der Waals surface area contributed by atoms with E-state index in [1.807, 2.05) is 86.6 Å². The van der Waals surface area contributed by atoms with Crippen molar-refractivity contribution in [2.45, 2.75) is 91.6 Å². The van der Waals surface area contributed by atoms with Gasteiger partial charge >= 0.3 is 25.8 Å². The summed E-state index contributed by atoms with van der Waals surface area (Å²) in [5, 5.41) is 29.3. The summed E-state index contributed by atoms with van der Waals surface area (Å²) < 4.78 is 9.98. The van der Waals surface area contributed by atoms with E-state index in [2.05, 4.69) is 63.4 Å². The van der Waals surface area contributed by atoms with Gasteiger partial charge in [-0.1, -0.05) is 155 Å². The normalized spacial score (nSPS) is 11.8. The first kappa shape index (κ1) is 45.4. The van der Waals surface area contributed by atoms with Crippen molar-refractivity contribution in [2.75, 3.05) is 20.3 Å². The largest absolute Gasteiger partial charge is 3.00 e. The summed E-state index contributed by atoms with van der Waals surface area (Å²) in [4.78, 5) is 2.13. The molecule has 4 aromatic carbocycles. The molecule has 0 spiro atoms. The number of ether oxygens (including phenoxy) is 1. The van der Waals surface area contributed by atoms with Crippen LogP contribution in [0.3, 0.4) is 0 Å². The predicted molar refractivity (Wildman–Crippen MR) is 216 cm³/mol. The van der Waals surface area contributed by atoms with Crippen LogP contribution in [0.2, 0.25) is 36.2 Å². The number of hydrogen-bond donors (Lipinski definition) is 0. The zero-order chi connectivity index (χ0) is 37.4. The van der Waals surface area contributed by atoms with Gasteiger partial charge in [-0.3, -0.25) is 4.90 Å². The number of halogens is 2. The summed E-state index contributed by atoms with van der Waals surface area (Å²) in [6.45, 7) is 23.2. The van der Waals surface area contributed by atoms with E-state index in [-0.39, 0.29) is 37.3 Å². The van der Waals surface area contributed by atoms with E-state index >= 15 is 0 Å². The first-order valence-electron chi connectivity index (χ1n) is 17.4. The Morgan fingerprint density at radius 1 is 0.667 bits per heavy atom. The second-order valence-electron chi connectivity index (χ2n) is 14.9. The average molecular weight is 796 g/mol. The molecule has 0 bridgehead atoms. The first-order valence-corrected chi connectivity index (χ1v) is 23.8. The van der Waals surface area contributed by atoms with E-state index in [0.29, 0.717) is 47.4 Å². The van der Waals surface area contributed by atoms with E-state index in [4.69, 9.17) is 27.9 Å². The van der Waals surface area contributed by atoms with Crippen molar-refractivity contribution in [3.63, 3.8) is 0 Å². The molecule has 10 heteroatoms. The number of nitrogens with zero attached hydrogens (tertiary/aromatic N) is 2. The van der Waals surface area contributed by atoms with Gasteiger partial charge in [-0.15, -0.1) is 11.5 Å². The Labute approximate surface area is 339 Å². The number of rotatable bonds is 13. The van der Waals surface area contributed by atoms with Gasteiger partial charge in [0.2, 0.25) is 0 Å². The van der Waals surface area contributed by atoms with Crippen molar-refractivity contribution in [1.82, 2.24) is 4.90 Å². The van der Waals surface area contributed by atoms with Crippen LogP contribution < -0.4 is 10.2 Å². The standard InChI is InChI=1S/C37H43Cl2NO3.C4H14NSi2.Sc/c1-24-18-26(34(41)32(20-24)36(3,4)28-8-12-30(38)13-9-28)22-40(16-17-43-7)23-27-19-25(2)21-33(35(27)42)37(5,6)29-10-14-31(39)15-11-29;1-6(2)5-7(3)4;/h8-15,18-21,41-42H,16-17,22-23H2,1-7H3;6-7H,1-4H3;/q;-1;+3/p-2. The molecule has 0 radical (unpaired) electrons. The Hall–Kier alpha value is -1.76. The summed E-state index contributed by atoms with van der Waals surface area (Å²) >= 11 is 12.3. The minimum Gasteiger partial charge on any atom is -0.872 e. The molecule has 0 aliphatic heterocycles. The molecule has 0 saturated heterocycles. The summed E-state index contributed by atoms with van der Waals surface area (Å²) in [7, 11) is 0.578. The van der Waals surface area contributed by atoms with Crippen molar-refractivity contribution >= 4 is 41.1 Å². The molecule has 0 unspecified atom stereocenters. The molecule has 0 N–H and O–H groups in total. The molecule has 0 fully saturated rings. The maximum Gasteiger partial charge on any atom is 3.00 e. The van der Waals surface area contributed by atoms with Crippen LogP contribution in [-0.2, 0) is 54.5 Å². The second kappa shape index (κ2) is 20.1. The number of aryl methyl sites for hydroxylation is 2. The zero-order valence-corrected chi connectivity index (χ0v) is 38.0. The first-order chi connectivity index (χ1) is 23.4. The molecular weight excluding hydrogens is 740 g/mol. The van der Waals surface area contributed by atoms with Crippen LogP contribution in [-0.4, -0.2) is 43.1 Å². The SMILES string of the molecule is COCCN(Cc1cc(C)cc(C(C)(C)c2ccc(Cl)cc2)c1[O-])Cc1cc(C)cc(C(C)(C)c2ccc(Cl)cc2)c1[O-].C[SiH](C)[N-][SiH](C)C.[Sc+3]. The molecule has 0 saturated carbocycles. The number of hydrogen-bond acceptors (Lipinski definition) is 4. The van der Waals surface area contributed by atoms with Crippen molar-refractivity contribution in [3.8, 4) is 11.5 Å². The average Bonchev–Trinajstić information content (AvgIpc) is 3.02. The van der Waals surface area contributed by atoms with E-state index in [9.17, 15) is 10.2 Å². The van der Waals surface area contributed by atoms with Gasteiger partial charge in [0.1, 0.15) is 0 Å². The van der Waals surface area contributed by atoms with Gasteiger partial charge in [0, 0.05) is 47.6 Å². The quantitative estimate of drug-likeness (QED) is 0.127. The molecule has 0 aliphatic rings. The predicted octanol–water partition coefficient (Wildman–Crippen LogP) is 9.38. The van der Waals surface area contributed by atoms with Crippen LogP contribution in [0.4, 0.5) is 0 Å². The molecule has 0 amide bonds. The maximum absolute atomic E-state index is 14.0. The third-order valence-electron chi connectivity index (χ3n) is 9.09. The summed E-state index contributed by atoms with van der Waals surface area (Å²) in [6, 6.07) is 23.2. The number of methoxy groups -OCH3 is 1. The summed E-state index contributed by atoms with van der Waals surface area (Å²) in [6.07, 6.45) is 0. The molecule has 5 nitrogen and oxygen atoms in total.